The minimum absolute atomic E-state index is 0.00244. The van der Waals surface area contributed by atoms with Gasteiger partial charge in [0.2, 0.25) is 10.0 Å². The van der Waals surface area contributed by atoms with Crippen LogP contribution in [0.3, 0.4) is 0 Å². The van der Waals surface area contributed by atoms with Crippen molar-refractivity contribution in [2.24, 2.45) is 5.14 Å². The number of primary sulfonamides is 1. The Morgan fingerprint density at radius 3 is 2.32 bits per heavy atom. The van der Waals surface area contributed by atoms with E-state index in [4.69, 9.17) is 14.6 Å². The fourth-order valence-electron chi connectivity index (χ4n) is 1.16. The molecule has 0 aliphatic rings. The number of nitro benzene ring substituents is 1. The van der Waals surface area contributed by atoms with Crippen molar-refractivity contribution >= 4 is 15.7 Å². The maximum Gasteiger partial charge on any atom is 0.269 e. The smallest absolute Gasteiger partial charge is 0.269 e. The molecule has 0 fully saturated rings. The van der Waals surface area contributed by atoms with Crippen molar-refractivity contribution in [2.45, 2.75) is 0 Å². The molecular weight excluding hydrogens is 276 g/mol. The summed E-state index contributed by atoms with van der Waals surface area (Å²) >= 11 is 0. The molecule has 19 heavy (non-hydrogen) atoms. The minimum atomic E-state index is -3.51. The molecule has 0 aromatic heterocycles. The second kappa shape index (κ2) is 7.02. The van der Waals surface area contributed by atoms with Crippen molar-refractivity contribution in [1.29, 1.82) is 0 Å². The zero-order chi connectivity index (χ0) is 14.3. The highest BCUT2D eigenvalue weighted by Crippen LogP contribution is 2.16. The Bertz CT molecular complexity index is 513. The van der Waals surface area contributed by atoms with E-state index < -0.39 is 14.9 Å². The third-order valence-corrected chi connectivity index (χ3v) is 2.79. The average Bonchev–Trinajstić information content (AvgIpc) is 2.33. The number of hydrogen-bond acceptors (Lipinski definition) is 6. The summed E-state index contributed by atoms with van der Waals surface area (Å²) in [5.74, 6) is 0.227. The van der Waals surface area contributed by atoms with Crippen molar-refractivity contribution in [3.63, 3.8) is 0 Å². The van der Waals surface area contributed by atoms with Crippen molar-refractivity contribution in [1.82, 2.24) is 0 Å². The number of sulfonamides is 1. The normalized spacial score (nSPS) is 11.2. The highest BCUT2D eigenvalue weighted by molar-refractivity contribution is 7.89. The fourth-order valence-corrected chi connectivity index (χ4v) is 1.51. The van der Waals surface area contributed by atoms with Gasteiger partial charge < -0.3 is 9.47 Å². The van der Waals surface area contributed by atoms with Gasteiger partial charge in [-0.2, -0.15) is 0 Å². The summed E-state index contributed by atoms with van der Waals surface area (Å²) in [6, 6.07) is 5.61. The summed E-state index contributed by atoms with van der Waals surface area (Å²) < 4.78 is 31.4. The zero-order valence-corrected chi connectivity index (χ0v) is 10.8. The number of benzene rings is 1. The summed E-state index contributed by atoms with van der Waals surface area (Å²) in [6.45, 7) is 0.414. The second-order valence-electron chi connectivity index (χ2n) is 3.58. The van der Waals surface area contributed by atoms with Crippen molar-refractivity contribution in [3.8, 4) is 5.75 Å². The lowest BCUT2D eigenvalue weighted by molar-refractivity contribution is -0.384. The molecule has 0 atom stereocenters. The van der Waals surface area contributed by atoms with Gasteiger partial charge in [-0.3, -0.25) is 10.1 Å². The minimum Gasteiger partial charge on any atom is -0.491 e. The highest BCUT2D eigenvalue weighted by Gasteiger charge is 2.04. The molecule has 8 nitrogen and oxygen atoms in total. The molecule has 0 saturated carbocycles. The topological polar surface area (TPSA) is 122 Å². The van der Waals surface area contributed by atoms with Crippen LogP contribution >= 0.6 is 0 Å². The van der Waals surface area contributed by atoms with Gasteiger partial charge in [-0.05, 0) is 12.1 Å². The Morgan fingerprint density at radius 2 is 1.79 bits per heavy atom. The Labute approximate surface area is 110 Å². The van der Waals surface area contributed by atoms with Crippen LogP contribution in [0, 0.1) is 10.1 Å². The molecular formula is C10H14N2O6S. The lowest BCUT2D eigenvalue weighted by Gasteiger charge is -2.06. The van der Waals surface area contributed by atoms with Gasteiger partial charge in [0.1, 0.15) is 12.4 Å². The number of ether oxygens (including phenoxy) is 2. The molecule has 1 rings (SSSR count). The first-order chi connectivity index (χ1) is 8.88. The van der Waals surface area contributed by atoms with Crippen LogP contribution in [0.15, 0.2) is 24.3 Å². The summed E-state index contributed by atoms with van der Waals surface area (Å²) in [5, 5.41) is 15.2. The molecule has 0 aliphatic carbocycles. The molecule has 0 amide bonds. The Balaban J connectivity index is 2.21. The van der Waals surface area contributed by atoms with Gasteiger partial charge in [0.15, 0.2) is 0 Å². The maximum absolute atomic E-state index is 10.6. The van der Waals surface area contributed by atoms with Gasteiger partial charge in [-0.1, -0.05) is 0 Å². The van der Waals surface area contributed by atoms with E-state index >= 15 is 0 Å². The van der Waals surface area contributed by atoms with E-state index in [0.29, 0.717) is 5.75 Å². The predicted octanol–water partition coefficient (Wildman–Crippen LogP) is 0.279. The van der Waals surface area contributed by atoms with Crippen molar-refractivity contribution < 1.29 is 22.8 Å². The van der Waals surface area contributed by atoms with Crippen LogP contribution in [-0.4, -0.2) is 38.9 Å². The summed E-state index contributed by atoms with van der Waals surface area (Å²) in [7, 11) is -3.51. The monoisotopic (exact) mass is 290 g/mol. The molecule has 0 unspecified atom stereocenters. The van der Waals surface area contributed by atoms with E-state index in [-0.39, 0.29) is 31.3 Å². The van der Waals surface area contributed by atoms with E-state index in [1.165, 1.54) is 24.3 Å². The molecule has 9 heteroatoms. The van der Waals surface area contributed by atoms with Gasteiger partial charge in [-0.25, -0.2) is 13.6 Å². The predicted molar refractivity (Wildman–Crippen MR) is 67.4 cm³/mol. The van der Waals surface area contributed by atoms with E-state index in [1.54, 1.807) is 0 Å². The molecule has 0 aliphatic heterocycles. The first-order valence-corrected chi connectivity index (χ1v) is 7.05. The Morgan fingerprint density at radius 1 is 1.16 bits per heavy atom. The van der Waals surface area contributed by atoms with Crippen LogP contribution in [0.5, 0.6) is 5.75 Å². The van der Waals surface area contributed by atoms with Crippen LogP contribution < -0.4 is 9.88 Å². The van der Waals surface area contributed by atoms with Crippen LogP contribution in [0.1, 0.15) is 0 Å². The summed E-state index contributed by atoms with van der Waals surface area (Å²) in [5.41, 5.74) is -0.0169. The van der Waals surface area contributed by atoms with Gasteiger partial charge in [0, 0.05) is 12.1 Å². The molecule has 0 heterocycles. The Kier molecular flexibility index (Phi) is 5.67. The third kappa shape index (κ3) is 6.70. The van der Waals surface area contributed by atoms with Gasteiger partial charge in [-0.15, -0.1) is 0 Å². The average molecular weight is 290 g/mol. The Hall–Kier alpha value is -1.71. The number of nitrogens with two attached hydrogens (primary N) is 1. The van der Waals surface area contributed by atoms with Crippen LogP contribution in [-0.2, 0) is 14.8 Å². The van der Waals surface area contributed by atoms with Gasteiger partial charge in [0.05, 0.1) is 23.9 Å². The number of hydrogen-bond donors (Lipinski definition) is 1. The second-order valence-corrected chi connectivity index (χ2v) is 5.31. The largest absolute Gasteiger partial charge is 0.491 e. The van der Waals surface area contributed by atoms with Gasteiger partial charge in [0.25, 0.3) is 5.69 Å². The van der Waals surface area contributed by atoms with Crippen molar-refractivity contribution in [3.05, 3.63) is 34.4 Å². The molecule has 0 bridgehead atoms. The highest BCUT2D eigenvalue weighted by atomic mass is 32.2. The molecule has 1 aromatic carbocycles. The number of nitrogens with zero attached hydrogens (tertiary/aromatic N) is 1. The van der Waals surface area contributed by atoms with E-state index in [1.807, 2.05) is 0 Å². The van der Waals surface area contributed by atoms with Gasteiger partial charge >= 0.3 is 0 Å². The standard InChI is InChI=1S/C10H14N2O6S/c11-19(15,16)8-7-17-5-6-18-10-3-1-9(2-4-10)12(13)14/h1-4H,5-8H2,(H2,11,15,16). The lowest BCUT2D eigenvalue weighted by atomic mass is 10.3. The van der Waals surface area contributed by atoms with E-state index in [2.05, 4.69) is 0 Å². The SMILES string of the molecule is NS(=O)(=O)CCOCCOc1ccc([N+](=O)[O-])cc1. The first-order valence-electron chi connectivity index (χ1n) is 5.34. The van der Waals surface area contributed by atoms with Crippen molar-refractivity contribution in [2.75, 3.05) is 25.6 Å². The number of non-ortho nitro benzene ring substituents is 1. The van der Waals surface area contributed by atoms with E-state index in [0.717, 1.165) is 0 Å². The number of nitro groups is 1. The molecule has 0 radical (unpaired) electrons. The number of rotatable bonds is 8. The summed E-state index contributed by atoms with van der Waals surface area (Å²) in [4.78, 5) is 9.91. The first kappa shape index (κ1) is 15.3. The van der Waals surface area contributed by atoms with Crippen LogP contribution in [0.2, 0.25) is 0 Å². The van der Waals surface area contributed by atoms with E-state index in [9.17, 15) is 18.5 Å². The zero-order valence-electron chi connectivity index (χ0n) is 10.0. The molecule has 0 saturated heterocycles. The van der Waals surface area contributed by atoms with Crippen LogP contribution in [0.25, 0.3) is 0 Å². The van der Waals surface area contributed by atoms with Crippen LogP contribution in [0.4, 0.5) is 5.69 Å². The third-order valence-electron chi connectivity index (χ3n) is 2.06. The molecule has 106 valence electrons. The lowest BCUT2D eigenvalue weighted by Crippen LogP contribution is -2.21. The molecule has 2 N–H and O–H groups in total. The molecule has 0 spiro atoms. The fraction of sp³-hybridized carbons (Fsp3) is 0.400. The maximum atomic E-state index is 10.6. The quantitative estimate of drug-likeness (QED) is 0.417. The molecule has 1 aromatic rings. The summed E-state index contributed by atoms with van der Waals surface area (Å²) in [6.07, 6.45) is 0.